The van der Waals surface area contributed by atoms with Gasteiger partial charge >= 0.3 is 0 Å². The minimum absolute atomic E-state index is 0.243. The van der Waals surface area contributed by atoms with Crippen molar-refractivity contribution >= 4 is 11.3 Å². The summed E-state index contributed by atoms with van der Waals surface area (Å²) in [7, 11) is 1.65. The molecule has 3 nitrogen and oxygen atoms in total. The highest BCUT2D eigenvalue weighted by Gasteiger charge is 2.10. The predicted molar refractivity (Wildman–Crippen MR) is 72.5 cm³/mol. The number of benzene rings is 1. The number of thiophene rings is 1. The van der Waals surface area contributed by atoms with Crippen LogP contribution in [-0.4, -0.2) is 7.11 Å². The fourth-order valence-corrected chi connectivity index (χ4v) is 2.37. The summed E-state index contributed by atoms with van der Waals surface area (Å²) < 4.78 is 5.10. The van der Waals surface area contributed by atoms with Gasteiger partial charge in [0, 0.05) is 11.4 Å². The van der Waals surface area contributed by atoms with Crippen molar-refractivity contribution in [1.82, 2.24) is 5.32 Å². The average molecular weight is 258 g/mol. The molecule has 1 unspecified atom stereocenters. The van der Waals surface area contributed by atoms with Crippen LogP contribution < -0.4 is 10.1 Å². The molecule has 2 aromatic rings. The topological polar surface area (TPSA) is 45.0 Å². The van der Waals surface area contributed by atoms with Crippen LogP contribution >= 0.6 is 11.3 Å². The van der Waals surface area contributed by atoms with Crippen molar-refractivity contribution in [1.29, 1.82) is 5.26 Å². The molecule has 1 aromatic heterocycles. The van der Waals surface area contributed by atoms with Crippen LogP contribution in [0, 0.1) is 11.3 Å². The maximum atomic E-state index is 9.13. The van der Waals surface area contributed by atoms with Crippen molar-refractivity contribution in [3.05, 3.63) is 52.2 Å². The van der Waals surface area contributed by atoms with Crippen LogP contribution in [0.25, 0.3) is 0 Å². The third kappa shape index (κ3) is 3.10. The van der Waals surface area contributed by atoms with Crippen molar-refractivity contribution in [2.24, 2.45) is 0 Å². The minimum Gasteiger partial charge on any atom is -0.497 e. The zero-order chi connectivity index (χ0) is 12.8. The molecule has 1 heterocycles. The van der Waals surface area contributed by atoms with Crippen LogP contribution in [0.5, 0.6) is 5.75 Å². The first-order valence-corrected chi connectivity index (χ1v) is 6.51. The van der Waals surface area contributed by atoms with E-state index in [1.165, 1.54) is 0 Å². The molecule has 18 heavy (non-hydrogen) atoms. The first kappa shape index (κ1) is 12.6. The Labute approximate surface area is 111 Å². The quantitative estimate of drug-likeness (QED) is 0.896. The third-order valence-electron chi connectivity index (χ3n) is 2.63. The molecular formula is C14H14N2OS. The molecule has 4 heteroatoms. The molecule has 2 rings (SSSR count). The van der Waals surface area contributed by atoms with Gasteiger partial charge in [0.2, 0.25) is 0 Å². The molecule has 0 aliphatic heterocycles. The Bertz CT molecular complexity index is 514. The highest BCUT2D eigenvalue weighted by Crippen LogP contribution is 2.19. The molecular weight excluding hydrogens is 244 g/mol. The Morgan fingerprint density at radius 2 is 2.11 bits per heavy atom. The number of hydrogen-bond acceptors (Lipinski definition) is 4. The van der Waals surface area contributed by atoms with Crippen molar-refractivity contribution in [2.75, 3.05) is 7.11 Å². The highest BCUT2D eigenvalue weighted by molar-refractivity contribution is 7.10. The number of nitriles is 1. The first-order chi connectivity index (χ1) is 8.83. The first-order valence-electron chi connectivity index (χ1n) is 5.63. The average Bonchev–Trinajstić information content (AvgIpc) is 2.94. The van der Waals surface area contributed by atoms with Gasteiger partial charge in [-0.2, -0.15) is 5.26 Å². The molecule has 1 N–H and O–H groups in total. The van der Waals surface area contributed by atoms with Crippen molar-refractivity contribution in [3.8, 4) is 11.8 Å². The number of ether oxygens (including phenoxy) is 1. The predicted octanol–water partition coefficient (Wildman–Crippen LogP) is 3.11. The second-order valence-corrected chi connectivity index (χ2v) is 4.79. The van der Waals surface area contributed by atoms with Crippen LogP contribution in [0.2, 0.25) is 0 Å². The van der Waals surface area contributed by atoms with Gasteiger partial charge < -0.3 is 4.74 Å². The van der Waals surface area contributed by atoms with Crippen LogP contribution in [0.3, 0.4) is 0 Å². The molecule has 1 aromatic carbocycles. The lowest BCUT2D eigenvalue weighted by Crippen LogP contribution is -2.18. The summed E-state index contributed by atoms with van der Waals surface area (Å²) in [6, 6.07) is 13.8. The summed E-state index contributed by atoms with van der Waals surface area (Å²) >= 11 is 1.59. The van der Waals surface area contributed by atoms with Gasteiger partial charge in [-0.3, -0.25) is 5.32 Å². The Morgan fingerprint density at radius 1 is 1.33 bits per heavy atom. The number of hydrogen-bond donors (Lipinski definition) is 1. The molecule has 0 saturated carbocycles. The molecule has 0 bridgehead atoms. The van der Waals surface area contributed by atoms with Gasteiger partial charge in [-0.05, 0) is 29.1 Å². The Hall–Kier alpha value is -1.83. The Morgan fingerprint density at radius 3 is 2.67 bits per heavy atom. The normalized spacial score (nSPS) is 11.8. The summed E-state index contributed by atoms with van der Waals surface area (Å²) in [5.74, 6) is 0.842. The van der Waals surface area contributed by atoms with E-state index in [1.807, 2.05) is 41.8 Å². The van der Waals surface area contributed by atoms with E-state index in [0.717, 1.165) is 16.2 Å². The van der Waals surface area contributed by atoms with E-state index in [4.69, 9.17) is 10.00 Å². The molecule has 0 fully saturated rings. The molecule has 0 aliphatic rings. The van der Waals surface area contributed by atoms with Crippen LogP contribution in [-0.2, 0) is 6.54 Å². The Kier molecular flexibility index (Phi) is 4.35. The van der Waals surface area contributed by atoms with E-state index in [9.17, 15) is 0 Å². The van der Waals surface area contributed by atoms with Crippen molar-refractivity contribution < 1.29 is 4.74 Å². The summed E-state index contributed by atoms with van der Waals surface area (Å²) in [5.41, 5.74) is 1.13. The van der Waals surface area contributed by atoms with Crippen LogP contribution in [0.15, 0.2) is 41.8 Å². The monoisotopic (exact) mass is 258 g/mol. The summed E-state index contributed by atoms with van der Waals surface area (Å²) in [6.45, 7) is 0.667. The number of nitrogens with one attached hydrogen (secondary N) is 1. The zero-order valence-electron chi connectivity index (χ0n) is 10.1. The van der Waals surface area contributed by atoms with Crippen molar-refractivity contribution in [3.63, 3.8) is 0 Å². The van der Waals surface area contributed by atoms with Crippen molar-refractivity contribution in [2.45, 2.75) is 12.6 Å². The number of nitrogens with zero attached hydrogens (tertiary/aromatic N) is 1. The molecule has 0 aliphatic carbocycles. The van der Waals surface area contributed by atoms with E-state index in [-0.39, 0.29) is 6.04 Å². The van der Waals surface area contributed by atoms with Gasteiger partial charge in [0.1, 0.15) is 11.8 Å². The second-order valence-electron chi connectivity index (χ2n) is 3.81. The molecule has 1 atom stereocenters. The lowest BCUT2D eigenvalue weighted by molar-refractivity contribution is 0.414. The summed E-state index contributed by atoms with van der Waals surface area (Å²) in [6.07, 6.45) is 0. The highest BCUT2D eigenvalue weighted by atomic mass is 32.1. The fraction of sp³-hybridized carbons (Fsp3) is 0.214. The summed E-state index contributed by atoms with van der Waals surface area (Å²) in [5, 5.41) is 14.3. The van der Waals surface area contributed by atoms with E-state index in [2.05, 4.69) is 11.4 Å². The summed E-state index contributed by atoms with van der Waals surface area (Å²) in [4.78, 5) is 1.05. The zero-order valence-corrected chi connectivity index (χ0v) is 10.9. The molecule has 0 spiro atoms. The van der Waals surface area contributed by atoms with Gasteiger partial charge in [0.05, 0.1) is 13.2 Å². The molecule has 92 valence electrons. The number of rotatable bonds is 5. The lowest BCUT2D eigenvalue weighted by atomic mass is 10.2. The van der Waals surface area contributed by atoms with Gasteiger partial charge in [-0.25, -0.2) is 0 Å². The van der Waals surface area contributed by atoms with Gasteiger partial charge in [0.25, 0.3) is 0 Å². The van der Waals surface area contributed by atoms with E-state index >= 15 is 0 Å². The van der Waals surface area contributed by atoms with E-state index in [1.54, 1.807) is 18.4 Å². The lowest BCUT2D eigenvalue weighted by Gasteiger charge is -2.10. The van der Waals surface area contributed by atoms with E-state index in [0.29, 0.717) is 6.54 Å². The second kappa shape index (κ2) is 6.20. The molecule has 0 radical (unpaired) electrons. The molecule has 0 saturated heterocycles. The van der Waals surface area contributed by atoms with Gasteiger partial charge in [0.15, 0.2) is 0 Å². The molecule has 0 amide bonds. The largest absolute Gasteiger partial charge is 0.497 e. The minimum atomic E-state index is -0.243. The third-order valence-corrected chi connectivity index (χ3v) is 3.56. The van der Waals surface area contributed by atoms with Gasteiger partial charge in [-0.1, -0.05) is 18.2 Å². The SMILES string of the molecule is COc1ccc(CNC(C#N)c2cccs2)cc1. The van der Waals surface area contributed by atoms with Crippen LogP contribution in [0.1, 0.15) is 16.5 Å². The fourth-order valence-electron chi connectivity index (χ4n) is 1.63. The maximum Gasteiger partial charge on any atom is 0.130 e. The number of methoxy groups -OCH3 is 1. The standard InChI is InChI=1S/C14H14N2OS/c1-17-12-6-4-11(5-7-12)10-16-13(9-15)14-3-2-8-18-14/h2-8,13,16H,10H2,1H3. The van der Waals surface area contributed by atoms with E-state index < -0.39 is 0 Å². The van der Waals surface area contributed by atoms with Gasteiger partial charge in [-0.15, -0.1) is 11.3 Å². The smallest absolute Gasteiger partial charge is 0.130 e. The maximum absolute atomic E-state index is 9.13. The Balaban J connectivity index is 1.96. The van der Waals surface area contributed by atoms with Crippen LogP contribution in [0.4, 0.5) is 0 Å².